The molecule has 3 nitrogen and oxygen atoms in total. The van der Waals surface area contributed by atoms with Crippen molar-refractivity contribution in [2.75, 3.05) is 32.4 Å². The molecule has 1 heterocycles. The van der Waals surface area contributed by atoms with Crippen molar-refractivity contribution in [2.45, 2.75) is 32.4 Å². The van der Waals surface area contributed by atoms with Crippen LogP contribution in [0.1, 0.15) is 31.9 Å². The topological polar surface area (TPSA) is 32.5 Å². The number of rotatable bonds is 3. The van der Waals surface area contributed by atoms with E-state index in [1.54, 1.807) is 0 Å². The monoisotopic (exact) mass is 247 g/mol. The molecular formula is C15H25N3. The smallest absolute Gasteiger partial charge is 0.0321 e. The van der Waals surface area contributed by atoms with Crippen LogP contribution in [0.25, 0.3) is 0 Å². The summed E-state index contributed by atoms with van der Waals surface area (Å²) in [5, 5.41) is 0. The molecule has 0 aromatic heterocycles. The molecule has 1 fully saturated rings. The fourth-order valence-electron chi connectivity index (χ4n) is 2.79. The predicted molar refractivity (Wildman–Crippen MR) is 77.6 cm³/mol. The minimum absolute atomic E-state index is 0.455. The highest BCUT2D eigenvalue weighted by molar-refractivity contribution is 5.41. The highest BCUT2D eigenvalue weighted by Crippen LogP contribution is 2.25. The van der Waals surface area contributed by atoms with Crippen molar-refractivity contribution in [2.24, 2.45) is 0 Å². The summed E-state index contributed by atoms with van der Waals surface area (Å²) in [6.07, 6.45) is 1.22. The molecule has 2 unspecified atom stereocenters. The molecular weight excluding hydrogens is 222 g/mol. The van der Waals surface area contributed by atoms with Crippen LogP contribution in [0, 0.1) is 0 Å². The second-order valence-corrected chi connectivity index (χ2v) is 5.38. The van der Waals surface area contributed by atoms with Crippen molar-refractivity contribution >= 4 is 5.69 Å². The Balaban J connectivity index is 2.07. The largest absolute Gasteiger partial charge is 0.399 e. The summed E-state index contributed by atoms with van der Waals surface area (Å²) in [6, 6.07) is 9.42. The lowest BCUT2D eigenvalue weighted by Crippen LogP contribution is -2.51. The third-order valence-corrected chi connectivity index (χ3v) is 4.22. The standard InChI is InChI=1S/C15H25N3/c1-4-15-11-18(9-8-17(15)3)12(2)13-6-5-7-14(16)10-13/h5-7,10,12,15H,4,8-9,11,16H2,1-3H3. The van der Waals surface area contributed by atoms with Gasteiger partial charge in [0.15, 0.2) is 0 Å². The summed E-state index contributed by atoms with van der Waals surface area (Å²) in [7, 11) is 2.23. The number of nitrogen functional groups attached to an aromatic ring is 1. The van der Waals surface area contributed by atoms with Gasteiger partial charge in [0.25, 0.3) is 0 Å². The Morgan fingerprint density at radius 3 is 2.83 bits per heavy atom. The first-order chi connectivity index (χ1) is 8.61. The average Bonchev–Trinajstić information content (AvgIpc) is 2.38. The third-order valence-electron chi connectivity index (χ3n) is 4.22. The number of hydrogen-bond donors (Lipinski definition) is 1. The normalized spacial score (nSPS) is 24.1. The second-order valence-electron chi connectivity index (χ2n) is 5.38. The second kappa shape index (κ2) is 5.72. The van der Waals surface area contributed by atoms with E-state index in [0.717, 1.165) is 25.3 Å². The van der Waals surface area contributed by atoms with E-state index in [1.807, 2.05) is 6.07 Å². The van der Waals surface area contributed by atoms with Crippen LogP contribution in [-0.4, -0.2) is 42.5 Å². The molecule has 0 bridgehead atoms. The summed E-state index contributed by atoms with van der Waals surface area (Å²) < 4.78 is 0. The van der Waals surface area contributed by atoms with Gasteiger partial charge >= 0.3 is 0 Å². The Morgan fingerprint density at radius 1 is 1.39 bits per heavy atom. The van der Waals surface area contributed by atoms with Crippen LogP contribution in [0.15, 0.2) is 24.3 Å². The molecule has 18 heavy (non-hydrogen) atoms. The summed E-state index contributed by atoms with van der Waals surface area (Å²) in [5.74, 6) is 0. The average molecular weight is 247 g/mol. The molecule has 1 aromatic carbocycles. The number of nitrogens with zero attached hydrogens (tertiary/aromatic N) is 2. The summed E-state index contributed by atoms with van der Waals surface area (Å²) in [4.78, 5) is 5.05. The maximum Gasteiger partial charge on any atom is 0.0321 e. The van der Waals surface area contributed by atoms with Crippen molar-refractivity contribution in [1.82, 2.24) is 9.80 Å². The fourth-order valence-corrected chi connectivity index (χ4v) is 2.79. The van der Waals surface area contributed by atoms with Crippen molar-refractivity contribution in [3.63, 3.8) is 0 Å². The van der Waals surface area contributed by atoms with Gasteiger partial charge in [-0.1, -0.05) is 19.1 Å². The van der Waals surface area contributed by atoms with Crippen LogP contribution in [-0.2, 0) is 0 Å². The minimum Gasteiger partial charge on any atom is -0.399 e. The zero-order valence-electron chi connectivity index (χ0n) is 11.8. The van der Waals surface area contributed by atoms with Crippen LogP contribution in [0.2, 0.25) is 0 Å². The Morgan fingerprint density at radius 2 is 2.17 bits per heavy atom. The van der Waals surface area contributed by atoms with Crippen LogP contribution < -0.4 is 5.73 Å². The molecule has 1 aliphatic rings. The maximum atomic E-state index is 5.87. The molecule has 2 rings (SSSR count). The summed E-state index contributed by atoms with van der Waals surface area (Å²) in [6.45, 7) is 8.01. The van der Waals surface area contributed by atoms with Crippen molar-refractivity contribution in [3.8, 4) is 0 Å². The van der Waals surface area contributed by atoms with E-state index in [-0.39, 0.29) is 0 Å². The first kappa shape index (κ1) is 13.4. The van der Waals surface area contributed by atoms with Gasteiger partial charge in [-0.2, -0.15) is 0 Å². The molecule has 0 radical (unpaired) electrons. The van der Waals surface area contributed by atoms with Gasteiger partial charge in [-0.25, -0.2) is 0 Å². The zero-order valence-corrected chi connectivity index (χ0v) is 11.8. The number of benzene rings is 1. The molecule has 1 aromatic rings. The maximum absolute atomic E-state index is 5.87. The van der Waals surface area contributed by atoms with Crippen molar-refractivity contribution in [3.05, 3.63) is 29.8 Å². The lowest BCUT2D eigenvalue weighted by molar-refractivity contribution is 0.0675. The Kier molecular flexibility index (Phi) is 4.25. The molecule has 0 aliphatic carbocycles. The van der Waals surface area contributed by atoms with Gasteiger partial charge in [-0.3, -0.25) is 4.90 Å². The number of piperazine rings is 1. The molecule has 1 aliphatic heterocycles. The molecule has 0 saturated carbocycles. The number of likely N-dealkylation sites (N-methyl/N-ethyl adjacent to an activating group) is 1. The lowest BCUT2D eigenvalue weighted by Gasteiger charge is -2.42. The minimum atomic E-state index is 0.455. The predicted octanol–water partition coefficient (Wildman–Crippen LogP) is 2.36. The van der Waals surface area contributed by atoms with Crippen molar-refractivity contribution < 1.29 is 0 Å². The van der Waals surface area contributed by atoms with E-state index < -0.39 is 0 Å². The number of anilines is 1. The molecule has 2 N–H and O–H groups in total. The number of nitrogens with two attached hydrogens (primary N) is 1. The van der Waals surface area contributed by atoms with Gasteiger partial charge in [-0.05, 0) is 38.1 Å². The zero-order chi connectivity index (χ0) is 13.1. The highest BCUT2D eigenvalue weighted by Gasteiger charge is 2.26. The fraction of sp³-hybridized carbons (Fsp3) is 0.600. The molecule has 2 atom stereocenters. The summed E-state index contributed by atoms with van der Waals surface area (Å²) in [5.41, 5.74) is 8.06. The Labute approximate surface area is 111 Å². The van der Waals surface area contributed by atoms with Gasteiger partial charge in [0.1, 0.15) is 0 Å². The Bertz CT molecular complexity index is 391. The molecule has 1 saturated heterocycles. The van der Waals surface area contributed by atoms with E-state index in [9.17, 15) is 0 Å². The Hall–Kier alpha value is -1.06. The molecule has 0 amide bonds. The molecule has 0 spiro atoms. The molecule has 3 heteroatoms. The quantitative estimate of drug-likeness (QED) is 0.832. The van der Waals surface area contributed by atoms with E-state index in [0.29, 0.717) is 12.1 Å². The van der Waals surface area contributed by atoms with Crippen molar-refractivity contribution in [1.29, 1.82) is 0 Å². The van der Waals surface area contributed by atoms with Crippen LogP contribution in [0.3, 0.4) is 0 Å². The molecule has 100 valence electrons. The summed E-state index contributed by atoms with van der Waals surface area (Å²) >= 11 is 0. The number of hydrogen-bond acceptors (Lipinski definition) is 3. The van der Waals surface area contributed by atoms with E-state index in [4.69, 9.17) is 5.73 Å². The van der Waals surface area contributed by atoms with E-state index in [1.165, 1.54) is 12.0 Å². The van der Waals surface area contributed by atoms with Crippen LogP contribution in [0.5, 0.6) is 0 Å². The first-order valence-electron chi connectivity index (χ1n) is 6.91. The van der Waals surface area contributed by atoms with Gasteiger partial charge in [-0.15, -0.1) is 0 Å². The lowest BCUT2D eigenvalue weighted by atomic mass is 10.0. The van der Waals surface area contributed by atoms with Gasteiger partial charge < -0.3 is 10.6 Å². The van der Waals surface area contributed by atoms with Gasteiger partial charge in [0.2, 0.25) is 0 Å². The van der Waals surface area contributed by atoms with E-state index in [2.05, 4.69) is 48.9 Å². The first-order valence-corrected chi connectivity index (χ1v) is 6.91. The van der Waals surface area contributed by atoms with Gasteiger partial charge in [0, 0.05) is 37.4 Å². The highest BCUT2D eigenvalue weighted by atomic mass is 15.3. The van der Waals surface area contributed by atoms with Crippen LogP contribution in [0.4, 0.5) is 5.69 Å². The van der Waals surface area contributed by atoms with E-state index >= 15 is 0 Å². The third kappa shape index (κ3) is 2.85. The van der Waals surface area contributed by atoms with Crippen LogP contribution >= 0.6 is 0 Å². The van der Waals surface area contributed by atoms with Gasteiger partial charge in [0.05, 0.1) is 0 Å². The SMILES string of the molecule is CCC1CN(C(C)c2cccc(N)c2)CCN1C.